The van der Waals surface area contributed by atoms with E-state index in [1.807, 2.05) is 20.9 Å². The van der Waals surface area contributed by atoms with Crippen LogP contribution in [0.3, 0.4) is 0 Å². The maximum absolute atomic E-state index is 5.49. The van der Waals surface area contributed by atoms with Gasteiger partial charge in [0.1, 0.15) is 5.70 Å². The van der Waals surface area contributed by atoms with E-state index in [0.29, 0.717) is 5.70 Å². The van der Waals surface area contributed by atoms with Crippen molar-refractivity contribution in [2.75, 3.05) is 7.05 Å². The zero-order valence-corrected chi connectivity index (χ0v) is 7.31. The highest BCUT2D eigenvalue weighted by atomic mass is 14.9. The summed E-state index contributed by atoms with van der Waals surface area (Å²) < 4.78 is 0. The molecule has 0 spiro atoms. The Labute approximate surface area is 67.7 Å². The molecular formula is C8H15N3. The molecule has 11 heavy (non-hydrogen) atoms. The first-order valence-electron chi connectivity index (χ1n) is 3.45. The van der Waals surface area contributed by atoms with Gasteiger partial charge < -0.3 is 11.1 Å². The van der Waals surface area contributed by atoms with E-state index in [4.69, 9.17) is 5.73 Å². The smallest absolute Gasteiger partial charge is 0.103 e. The SMILES string of the molecule is C=C(N)/C(N=CC)=C(\C)NC. The zero-order chi connectivity index (χ0) is 8.85. The van der Waals surface area contributed by atoms with Gasteiger partial charge >= 0.3 is 0 Å². The number of allylic oxidation sites excluding steroid dienone is 1. The first kappa shape index (κ1) is 9.75. The van der Waals surface area contributed by atoms with Gasteiger partial charge in [-0.15, -0.1) is 0 Å². The molecule has 0 aliphatic carbocycles. The number of nitrogens with one attached hydrogen (secondary N) is 1. The molecule has 0 saturated heterocycles. The molecule has 0 aromatic heterocycles. The van der Waals surface area contributed by atoms with Gasteiger partial charge in [-0.25, -0.2) is 0 Å². The van der Waals surface area contributed by atoms with Gasteiger partial charge in [0.05, 0.1) is 5.70 Å². The number of nitrogens with two attached hydrogens (primary N) is 1. The lowest BCUT2D eigenvalue weighted by Crippen LogP contribution is -2.09. The molecule has 0 atom stereocenters. The van der Waals surface area contributed by atoms with Gasteiger partial charge in [0.15, 0.2) is 0 Å². The van der Waals surface area contributed by atoms with Crippen molar-refractivity contribution in [3.63, 3.8) is 0 Å². The molecule has 0 amide bonds. The van der Waals surface area contributed by atoms with Gasteiger partial charge in [0, 0.05) is 19.0 Å². The van der Waals surface area contributed by atoms with Crippen LogP contribution < -0.4 is 11.1 Å². The topological polar surface area (TPSA) is 50.4 Å². The van der Waals surface area contributed by atoms with Gasteiger partial charge in [0.2, 0.25) is 0 Å². The fraction of sp³-hybridized carbons (Fsp3) is 0.375. The highest BCUT2D eigenvalue weighted by molar-refractivity contribution is 5.57. The predicted octanol–water partition coefficient (Wildman–Crippen LogP) is 1.00. The molecule has 0 aliphatic rings. The Hall–Kier alpha value is -1.25. The van der Waals surface area contributed by atoms with Crippen LogP contribution in [0.1, 0.15) is 13.8 Å². The van der Waals surface area contributed by atoms with Crippen molar-refractivity contribution in [1.29, 1.82) is 0 Å². The Morgan fingerprint density at radius 2 is 2.18 bits per heavy atom. The average Bonchev–Trinajstić information content (AvgIpc) is 1.98. The van der Waals surface area contributed by atoms with E-state index < -0.39 is 0 Å². The van der Waals surface area contributed by atoms with E-state index in [9.17, 15) is 0 Å². The van der Waals surface area contributed by atoms with Crippen LogP contribution >= 0.6 is 0 Å². The molecule has 0 aromatic carbocycles. The van der Waals surface area contributed by atoms with E-state index in [1.54, 1.807) is 6.21 Å². The Kier molecular flexibility index (Phi) is 4.03. The quantitative estimate of drug-likeness (QED) is 0.469. The number of hydrogen-bond acceptors (Lipinski definition) is 3. The summed E-state index contributed by atoms with van der Waals surface area (Å²) in [5, 5.41) is 2.96. The van der Waals surface area contributed by atoms with Crippen molar-refractivity contribution in [3.05, 3.63) is 23.7 Å². The minimum atomic E-state index is 0.481. The van der Waals surface area contributed by atoms with E-state index >= 15 is 0 Å². The summed E-state index contributed by atoms with van der Waals surface area (Å²) in [7, 11) is 1.82. The summed E-state index contributed by atoms with van der Waals surface area (Å²) in [6.45, 7) is 7.35. The van der Waals surface area contributed by atoms with Crippen molar-refractivity contribution < 1.29 is 0 Å². The first-order chi connectivity index (χ1) is 5.13. The Balaban J connectivity index is 4.72. The largest absolute Gasteiger partial charge is 0.397 e. The molecule has 3 N–H and O–H groups in total. The van der Waals surface area contributed by atoms with Crippen LogP contribution in [0.5, 0.6) is 0 Å². The second-order valence-corrected chi connectivity index (χ2v) is 2.14. The van der Waals surface area contributed by atoms with Crippen LogP contribution in [0.4, 0.5) is 0 Å². The van der Waals surface area contributed by atoms with Crippen molar-refractivity contribution in [2.24, 2.45) is 10.7 Å². The van der Waals surface area contributed by atoms with Crippen LogP contribution in [-0.4, -0.2) is 13.3 Å². The Bertz CT molecular complexity index is 201. The summed E-state index contributed by atoms with van der Waals surface area (Å²) in [5.41, 5.74) is 7.62. The Morgan fingerprint density at radius 1 is 1.64 bits per heavy atom. The number of hydrogen-bond donors (Lipinski definition) is 2. The number of rotatable bonds is 3. The number of aliphatic imine (C=N–C) groups is 1. The highest BCUT2D eigenvalue weighted by Crippen LogP contribution is 2.07. The van der Waals surface area contributed by atoms with Gasteiger partial charge in [-0.3, -0.25) is 4.99 Å². The zero-order valence-electron chi connectivity index (χ0n) is 7.31. The molecule has 0 saturated carbocycles. The lowest BCUT2D eigenvalue weighted by atomic mass is 10.3. The molecule has 62 valence electrons. The lowest BCUT2D eigenvalue weighted by molar-refractivity contribution is 0.951. The molecule has 0 heterocycles. The summed E-state index contributed by atoms with van der Waals surface area (Å²) in [4.78, 5) is 4.06. The van der Waals surface area contributed by atoms with Gasteiger partial charge in [-0.2, -0.15) is 0 Å². The summed E-state index contributed by atoms with van der Waals surface area (Å²) in [5.74, 6) is 0. The van der Waals surface area contributed by atoms with E-state index in [2.05, 4.69) is 16.9 Å². The molecule has 0 unspecified atom stereocenters. The average molecular weight is 153 g/mol. The van der Waals surface area contributed by atoms with E-state index in [1.165, 1.54) is 0 Å². The first-order valence-corrected chi connectivity index (χ1v) is 3.45. The van der Waals surface area contributed by atoms with Crippen LogP contribution in [-0.2, 0) is 0 Å². The highest BCUT2D eigenvalue weighted by Gasteiger charge is 1.98. The molecule has 0 aromatic rings. The number of nitrogens with zero attached hydrogens (tertiary/aromatic N) is 1. The maximum atomic E-state index is 5.49. The standard InChI is InChI=1S/C8H15N3/c1-5-11-8(6(2)9)7(3)10-4/h5,10H,2,9H2,1,3-4H3/b8-7-,11-5?. The van der Waals surface area contributed by atoms with Crippen molar-refractivity contribution in [3.8, 4) is 0 Å². The third-order valence-electron chi connectivity index (χ3n) is 1.29. The van der Waals surface area contributed by atoms with E-state index in [-0.39, 0.29) is 0 Å². The van der Waals surface area contributed by atoms with E-state index in [0.717, 1.165) is 11.4 Å². The lowest BCUT2D eigenvalue weighted by Gasteiger charge is -2.05. The van der Waals surface area contributed by atoms with Crippen LogP contribution in [0.2, 0.25) is 0 Å². The third kappa shape index (κ3) is 2.89. The van der Waals surface area contributed by atoms with Crippen molar-refractivity contribution in [1.82, 2.24) is 5.32 Å². The monoisotopic (exact) mass is 153 g/mol. The maximum Gasteiger partial charge on any atom is 0.103 e. The molecule has 0 radical (unpaired) electrons. The van der Waals surface area contributed by atoms with Gasteiger partial charge in [-0.05, 0) is 13.8 Å². The summed E-state index contributed by atoms with van der Waals surface area (Å²) in [6.07, 6.45) is 1.69. The second kappa shape index (κ2) is 4.55. The van der Waals surface area contributed by atoms with Gasteiger partial charge in [-0.1, -0.05) is 6.58 Å². The third-order valence-corrected chi connectivity index (χ3v) is 1.29. The normalized spacial score (nSPS) is 13.0. The molecule has 3 nitrogen and oxygen atoms in total. The minimum Gasteiger partial charge on any atom is -0.397 e. The van der Waals surface area contributed by atoms with Crippen LogP contribution in [0.25, 0.3) is 0 Å². The predicted molar refractivity (Wildman–Crippen MR) is 49.3 cm³/mol. The molecule has 0 fully saturated rings. The molecular weight excluding hydrogens is 138 g/mol. The Morgan fingerprint density at radius 3 is 2.45 bits per heavy atom. The fourth-order valence-electron chi connectivity index (χ4n) is 0.668. The van der Waals surface area contributed by atoms with Gasteiger partial charge in [0.25, 0.3) is 0 Å². The van der Waals surface area contributed by atoms with Crippen molar-refractivity contribution >= 4 is 6.21 Å². The fourth-order valence-corrected chi connectivity index (χ4v) is 0.668. The molecule has 0 bridgehead atoms. The minimum absolute atomic E-state index is 0.481. The summed E-state index contributed by atoms with van der Waals surface area (Å²) >= 11 is 0. The van der Waals surface area contributed by atoms with Crippen LogP contribution in [0, 0.1) is 0 Å². The second-order valence-electron chi connectivity index (χ2n) is 2.14. The molecule has 3 heteroatoms. The molecule has 0 rings (SSSR count). The molecule has 0 aliphatic heterocycles. The summed E-state index contributed by atoms with van der Waals surface area (Å²) in [6, 6.07) is 0. The van der Waals surface area contributed by atoms with Crippen molar-refractivity contribution in [2.45, 2.75) is 13.8 Å². The van der Waals surface area contributed by atoms with Crippen LogP contribution in [0.15, 0.2) is 28.7 Å².